The van der Waals surface area contributed by atoms with Crippen molar-refractivity contribution in [1.82, 2.24) is 9.36 Å². The number of aromatic nitrogens is 2. The van der Waals surface area contributed by atoms with Crippen molar-refractivity contribution in [3.63, 3.8) is 0 Å². The Morgan fingerprint density at radius 3 is 2.63 bits per heavy atom. The molecule has 2 aromatic rings. The molecule has 1 aliphatic rings. The van der Waals surface area contributed by atoms with E-state index in [0.717, 1.165) is 22.2 Å². The molecular formula is C13H15N5S. The van der Waals surface area contributed by atoms with E-state index in [9.17, 15) is 0 Å². The van der Waals surface area contributed by atoms with Gasteiger partial charge in [0.15, 0.2) is 0 Å². The Balaban J connectivity index is 1.81. The minimum absolute atomic E-state index is 0.0844. The average Bonchev–Trinajstić information content (AvgIpc) is 3.16. The summed E-state index contributed by atoms with van der Waals surface area (Å²) in [5.74, 6) is 1.65. The van der Waals surface area contributed by atoms with Crippen LogP contribution in [0.15, 0.2) is 24.3 Å². The fourth-order valence-corrected chi connectivity index (χ4v) is 2.57. The van der Waals surface area contributed by atoms with Crippen molar-refractivity contribution in [2.45, 2.75) is 18.8 Å². The van der Waals surface area contributed by atoms with Crippen LogP contribution in [0.5, 0.6) is 0 Å². The van der Waals surface area contributed by atoms with E-state index in [1.807, 2.05) is 36.2 Å². The summed E-state index contributed by atoms with van der Waals surface area (Å²) in [4.78, 5) is 6.58. The van der Waals surface area contributed by atoms with Gasteiger partial charge in [-0.25, -0.2) is 4.98 Å². The Bertz CT molecular complexity index is 600. The number of benzene rings is 1. The second kappa shape index (κ2) is 4.62. The van der Waals surface area contributed by atoms with E-state index in [4.69, 9.17) is 11.1 Å². The molecule has 19 heavy (non-hydrogen) atoms. The molecule has 1 aromatic heterocycles. The van der Waals surface area contributed by atoms with E-state index in [-0.39, 0.29) is 5.84 Å². The highest BCUT2D eigenvalue weighted by Gasteiger charge is 2.28. The maximum atomic E-state index is 7.38. The van der Waals surface area contributed by atoms with Gasteiger partial charge in [-0.05, 0) is 37.1 Å². The predicted molar refractivity (Wildman–Crippen MR) is 77.4 cm³/mol. The first-order valence-corrected chi connectivity index (χ1v) is 6.94. The monoisotopic (exact) mass is 273 g/mol. The highest BCUT2D eigenvalue weighted by Crippen LogP contribution is 2.40. The van der Waals surface area contributed by atoms with E-state index in [1.54, 1.807) is 0 Å². The van der Waals surface area contributed by atoms with Gasteiger partial charge in [-0.2, -0.15) is 4.37 Å². The van der Waals surface area contributed by atoms with Crippen LogP contribution < -0.4 is 10.6 Å². The summed E-state index contributed by atoms with van der Waals surface area (Å²) >= 11 is 1.43. The van der Waals surface area contributed by atoms with Crippen LogP contribution in [0.4, 0.5) is 10.8 Å². The van der Waals surface area contributed by atoms with Gasteiger partial charge in [-0.1, -0.05) is 0 Å². The normalized spacial score (nSPS) is 14.4. The maximum absolute atomic E-state index is 7.38. The first-order chi connectivity index (χ1) is 9.15. The Kier molecular flexibility index (Phi) is 2.94. The fraction of sp³-hybridized carbons (Fsp3) is 0.308. The Morgan fingerprint density at radius 2 is 2.05 bits per heavy atom. The number of hydrogen-bond acceptors (Lipinski definition) is 5. The van der Waals surface area contributed by atoms with Gasteiger partial charge in [-0.15, -0.1) is 0 Å². The zero-order valence-corrected chi connectivity index (χ0v) is 11.4. The lowest BCUT2D eigenvalue weighted by atomic mass is 10.2. The quantitative estimate of drug-likeness (QED) is 0.662. The van der Waals surface area contributed by atoms with Crippen molar-refractivity contribution in [3.05, 3.63) is 35.7 Å². The molecule has 0 radical (unpaired) electrons. The number of rotatable bonds is 4. The molecule has 5 nitrogen and oxygen atoms in total. The number of anilines is 2. The second-order valence-electron chi connectivity index (χ2n) is 4.73. The third-order valence-corrected chi connectivity index (χ3v) is 4.03. The maximum Gasteiger partial charge on any atom is 0.209 e. The molecule has 0 bridgehead atoms. The van der Waals surface area contributed by atoms with Gasteiger partial charge in [0.1, 0.15) is 11.7 Å². The van der Waals surface area contributed by atoms with Crippen LogP contribution in [-0.2, 0) is 0 Å². The van der Waals surface area contributed by atoms with Crippen LogP contribution in [-0.4, -0.2) is 22.2 Å². The molecule has 1 heterocycles. The fourth-order valence-electron chi connectivity index (χ4n) is 1.85. The van der Waals surface area contributed by atoms with Crippen molar-refractivity contribution in [2.24, 2.45) is 5.73 Å². The Labute approximate surface area is 115 Å². The largest absolute Gasteiger partial charge is 0.384 e. The van der Waals surface area contributed by atoms with Gasteiger partial charge in [0.2, 0.25) is 5.13 Å². The van der Waals surface area contributed by atoms with E-state index < -0.39 is 0 Å². The van der Waals surface area contributed by atoms with Crippen molar-refractivity contribution in [1.29, 1.82) is 5.41 Å². The zero-order chi connectivity index (χ0) is 13.4. The number of nitrogens with zero attached hydrogens (tertiary/aromatic N) is 3. The van der Waals surface area contributed by atoms with Crippen molar-refractivity contribution in [3.8, 4) is 0 Å². The molecule has 0 atom stereocenters. The highest BCUT2D eigenvalue weighted by molar-refractivity contribution is 7.09. The highest BCUT2D eigenvalue weighted by atomic mass is 32.1. The van der Waals surface area contributed by atoms with Gasteiger partial charge in [0.25, 0.3) is 0 Å². The molecule has 0 unspecified atom stereocenters. The average molecular weight is 273 g/mol. The van der Waals surface area contributed by atoms with E-state index in [0.29, 0.717) is 5.92 Å². The SMILES string of the molecule is CN(c1ccc(C(=N)N)cc1)c1nc(C2CC2)ns1. The molecule has 0 spiro atoms. The van der Waals surface area contributed by atoms with Crippen LogP contribution in [0.25, 0.3) is 0 Å². The third-order valence-electron chi connectivity index (χ3n) is 3.23. The number of nitrogen functional groups attached to an aromatic ring is 1. The third kappa shape index (κ3) is 2.44. The van der Waals surface area contributed by atoms with Gasteiger partial charge < -0.3 is 10.6 Å². The summed E-state index contributed by atoms with van der Waals surface area (Å²) in [6, 6.07) is 7.57. The van der Waals surface area contributed by atoms with Crippen LogP contribution in [0.3, 0.4) is 0 Å². The molecule has 0 amide bonds. The first-order valence-electron chi connectivity index (χ1n) is 6.17. The molecule has 1 fully saturated rings. The first kappa shape index (κ1) is 12.1. The minimum Gasteiger partial charge on any atom is -0.384 e. The van der Waals surface area contributed by atoms with Gasteiger partial charge >= 0.3 is 0 Å². The lowest BCUT2D eigenvalue weighted by molar-refractivity contribution is 0.976. The van der Waals surface area contributed by atoms with Gasteiger partial charge in [0, 0.05) is 35.7 Å². The second-order valence-corrected chi connectivity index (χ2v) is 5.46. The number of amidine groups is 1. The van der Waals surface area contributed by atoms with E-state index >= 15 is 0 Å². The molecular weight excluding hydrogens is 258 g/mol. The van der Waals surface area contributed by atoms with Crippen LogP contribution in [0.1, 0.15) is 30.1 Å². The predicted octanol–water partition coefficient (Wildman–Crippen LogP) is 2.47. The summed E-state index contributed by atoms with van der Waals surface area (Å²) in [5, 5.41) is 8.28. The molecule has 3 N–H and O–H groups in total. The van der Waals surface area contributed by atoms with E-state index in [2.05, 4.69) is 9.36 Å². The molecule has 0 saturated heterocycles. The lowest BCUT2D eigenvalue weighted by Crippen LogP contribution is -2.12. The molecule has 1 saturated carbocycles. The van der Waals surface area contributed by atoms with Gasteiger partial charge in [0.05, 0.1) is 0 Å². The molecule has 0 aliphatic heterocycles. The summed E-state index contributed by atoms with van der Waals surface area (Å²) < 4.78 is 4.41. The van der Waals surface area contributed by atoms with Crippen LogP contribution in [0.2, 0.25) is 0 Å². The van der Waals surface area contributed by atoms with Crippen LogP contribution in [0, 0.1) is 5.41 Å². The number of nitrogens with two attached hydrogens (primary N) is 1. The molecule has 3 rings (SSSR count). The van der Waals surface area contributed by atoms with Gasteiger partial charge in [-0.3, -0.25) is 5.41 Å². The van der Waals surface area contributed by atoms with Crippen molar-refractivity contribution < 1.29 is 0 Å². The van der Waals surface area contributed by atoms with Crippen molar-refractivity contribution in [2.75, 3.05) is 11.9 Å². The number of hydrogen-bond donors (Lipinski definition) is 2. The number of nitrogens with one attached hydrogen (secondary N) is 1. The summed E-state index contributed by atoms with van der Waals surface area (Å²) in [5.41, 5.74) is 7.19. The molecule has 1 aromatic carbocycles. The Morgan fingerprint density at radius 1 is 1.37 bits per heavy atom. The summed E-state index contributed by atoms with van der Waals surface area (Å²) in [6.45, 7) is 0. The summed E-state index contributed by atoms with van der Waals surface area (Å²) in [7, 11) is 1.97. The topological polar surface area (TPSA) is 78.9 Å². The Hall–Kier alpha value is -1.95. The molecule has 98 valence electrons. The van der Waals surface area contributed by atoms with Crippen LogP contribution >= 0.6 is 11.5 Å². The van der Waals surface area contributed by atoms with E-state index in [1.165, 1.54) is 24.4 Å². The summed E-state index contributed by atoms with van der Waals surface area (Å²) in [6.07, 6.45) is 2.43. The molecule has 6 heteroatoms. The zero-order valence-electron chi connectivity index (χ0n) is 10.6. The smallest absolute Gasteiger partial charge is 0.209 e. The molecule has 1 aliphatic carbocycles. The standard InChI is InChI=1S/C13H15N5S/c1-18(10-6-4-8(5-7-10)11(14)15)13-16-12(17-19-13)9-2-3-9/h4-7,9H,2-3H2,1H3,(H3,14,15). The lowest BCUT2D eigenvalue weighted by Gasteiger charge is -2.15. The van der Waals surface area contributed by atoms with Crippen molar-refractivity contribution >= 4 is 28.2 Å². The minimum atomic E-state index is 0.0844.